The Morgan fingerprint density at radius 2 is 1.84 bits per heavy atom. The molecule has 0 radical (unpaired) electrons. The lowest BCUT2D eigenvalue weighted by molar-refractivity contribution is 0.0694. The lowest BCUT2D eigenvalue weighted by Crippen LogP contribution is -2.18. The van der Waals surface area contributed by atoms with E-state index in [0.717, 1.165) is 16.7 Å². The molecule has 0 aliphatic carbocycles. The van der Waals surface area contributed by atoms with Crippen molar-refractivity contribution in [3.8, 4) is 11.1 Å². The first-order valence-electron chi connectivity index (χ1n) is 5.91. The van der Waals surface area contributed by atoms with Crippen LogP contribution in [-0.4, -0.2) is 15.6 Å². The van der Waals surface area contributed by atoms with Gasteiger partial charge in [-0.15, -0.1) is 0 Å². The minimum absolute atomic E-state index is 0.210. The number of aromatic carboxylic acids is 1. The van der Waals surface area contributed by atoms with Gasteiger partial charge in [-0.3, -0.25) is 4.79 Å². The molecule has 0 saturated carbocycles. The van der Waals surface area contributed by atoms with E-state index in [-0.39, 0.29) is 5.56 Å². The highest BCUT2D eigenvalue weighted by Crippen LogP contribution is 2.19. The smallest absolute Gasteiger partial charge is 0.341 e. The average molecular weight is 257 g/mol. The Morgan fingerprint density at radius 1 is 1.16 bits per heavy atom. The van der Waals surface area contributed by atoms with E-state index in [1.807, 2.05) is 32.0 Å². The Balaban J connectivity index is 2.72. The van der Waals surface area contributed by atoms with Gasteiger partial charge in [-0.25, -0.2) is 4.79 Å². The van der Waals surface area contributed by atoms with E-state index >= 15 is 0 Å². The van der Waals surface area contributed by atoms with Crippen molar-refractivity contribution in [1.29, 1.82) is 0 Å². The molecule has 4 nitrogen and oxygen atoms in total. The molecule has 2 aromatic rings. The second kappa shape index (κ2) is 4.72. The van der Waals surface area contributed by atoms with E-state index in [1.54, 1.807) is 17.8 Å². The van der Waals surface area contributed by atoms with Crippen molar-refractivity contribution in [3.63, 3.8) is 0 Å². The average Bonchev–Trinajstić information content (AvgIpc) is 2.35. The van der Waals surface area contributed by atoms with E-state index in [1.165, 1.54) is 6.20 Å². The van der Waals surface area contributed by atoms with Crippen LogP contribution in [0.3, 0.4) is 0 Å². The van der Waals surface area contributed by atoms with Crippen molar-refractivity contribution in [2.45, 2.75) is 13.8 Å². The Morgan fingerprint density at radius 3 is 2.42 bits per heavy atom. The molecule has 0 fully saturated rings. The standard InChI is InChI=1S/C15H15NO3/c1-9-4-5-11(6-10(9)2)12-7-16(3)8-13(14(12)17)15(18)19/h4-8H,1-3H3,(H,18,19). The summed E-state index contributed by atoms with van der Waals surface area (Å²) in [7, 11) is 1.70. The van der Waals surface area contributed by atoms with E-state index in [4.69, 9.17) is 5.11 Å². The zero-order valence-corrected chi connectivity index (χ0v) is 11.1. The number of nitrogens with zero attached hydrogens (tertiary/aromatic N) is 1. The minimum Gasteiger partial charge on any atom is -0.477 e. The molecule has 1 heterocycles. The van der Waals surface area contributed by atoms with Crippen molar-refractivity contribution in [2.24, 2.45) is 7.05 Å². The Bertz CT molecular complexity index is 714. The molecule has 0 atom stereocenters. The highest BCUT2D eigenvalue weighted by Gasteiger charge is 2.14. The first-order valence-corrected chi connectivity index (χ1v) is 5.91. The monoisotopic (exact) mass is 257 g/mol. The normalized spacial score (nSPS) is 10.5. The number of carboxylic acids is 1. The highest BCUT2D eigenvalue weighted by atomic mass is 16.4. The molecular formula is C15H15NO3. The molecule has 2 rings (SSSR count). The first-order chi connectivity index (χ1) is 8.90. The predicted molar refractivity (Wildman–Crippen MR) is 73.6 cm³/mol. The molecule has 0 unspecified atom stereocenters. The minimum atomic E-state index is -1.20. The maximum atomic E-state index is 12.2. The largest absolute Gasteiger partial charge is 0.477 e. The van der Waals surface area contributed by atoms with Crippen molar-refractivity contribution >= 4 is 5.97 Å². The lowest BCUT2D eigenvalue weighted by Gasteiger charge is -2.08. The van der Waals surface area contributed by atoms with Gasteiger partial charge in [0.25, 0.3) is 0 Å². The summed E-state index contributed by atoms with van der Waals surface area (Å²) in [5.74, 6) is -1.20. The molecule has 19 heavy (non-hydrogen) atoms. The number of aryl methyl sites for hydroxylation is 3. The van der Waals surface area contributed by atoms with Gasteiger partial charge in [-0.05, 0) is 30.5 Å². The summed E-state index contributed by atoms with van der Waals surface area (Å²) < 4.78 is 1.59. The van der Waals surface area contributed by atoms with Crippen LogP contribution in [0.5, 0.6) is 0 Å². The van der Waals surface area contributed by atoms with Crippen LogP contribution in [0.4, 0.5) is 0 Å². The molecule has 4 heteroatoms. The van der Waals surface area contributed by atoms with E-state index < -0.39 is 11.4 Å². The molecule has 0 bridgehead atoms. The third-order valence-electron chi connectivity index (χ3n) is 3.20. The Kier molecular flexibility index (Phi) is 3.25. The SMILES string of the molecule is Cc1ccc(-c2cn(C)cc(C(=O)O)c2=O)cc1C. The number of hydrogen-bond acceptors (Lipinski definition) is 2. The van der Waals surface area contributed by atoms with Gasteiger partial charge in [0, 0.05) is 25.0 Å². The summed E-state index contributed by atoms with van der Waals surface area (Å²) in [4.78, 5) is 23.2. The van der Waals surface area contributed by atoms with Crippen molar-refractivity contribution in [1.82, 2.24) is 4.57 Å². The van der Waals surface area contributed by atoms with Crippen molar-refractivity contribution < 1.29 is 9.90 Å². The zero-order valence-electron chi connectivity index (χ0n) is 11.1. The second-order valence-corrected chi connectivity index (χ2v) is 4.68. The van der Waals surface area contributed by atoms with Gasteiger partial charge in [0.05, 0.1) is 0 Å². The predicted octanol–water partition coefficient (Wildman–Crippen LogP) is 2.37. The maximum Gasteiger partial charge on any atom is 0.341 e. The Labute approximate surface area is 110 Å². The third-order valence-corrected chi connectivity index (χ3v) is 3.20. The second-order valence-electron chi connectivity index (χ2n) is 4.68. The molecular weight excluding hydrogens is 242 g/mol. The van der Waals surface area contributed by atoms with Crippen LogP contribution < -0.4 is 5.43 Å². The summed E-state index contributed by atoms with van der Waals surface area (Å²) in [5, 5.41) is 9.05. The molecule has 0 aliphatic heterocycles. The van der Waals surface area contributed by atoms with E-state index in [2.05, 4.69) is 0 Å². The summed E-state index contributed by atoms with van der Waals surface area (Å²) in [6.07, 6.45) is 2.98. The van der Waals surface area contributed by atoms with Gasteiger partial charge in [-0.1, -0.05) is 18.2 Å². The molecule has 1 N–H and O–H groups in total. The number of aromatic nitrogens is 1. The number of pyridine rings is 1. The fourth-order valence-electron chi connectivity index (χ4n) is 1.97. The highest BCUT2D eigenvalue weighted by molar-refractivity contribution is 5.88. The molecule has 0 spiro atoms. The van der Waals surface area contributed by atoms with Crippen LogP contribution in [0.2, 0.25) is 0 Å². The molecule has 0 saturated heterocycles. The number of carbonyl (C=O) groups is 1. The van der Waals surface area contributed by atoms with Crippen LogP contribution in [-0.2, 0) is 7.05 Å². The van der Waals surface area contributed by atoms with Crippen LogP contribution in [0, 0.1) is 13.8 Å². The molecule has 98 valence electrons. The number of rotatable bonds is 2. The first kappa shape index (κ1) is 13.1. The van der Waals surface area contributed by atoms with Gasteiger partial charge < -0.3 is 9.67 Å². The van der Waals surface area contributed by atoms with Crippen molar-refractivity contribution in [3.05, 3.63) is 57.5 Å². The number of carboxylic acid groups (broad SMARTS) is 1. The molecule has 1 aromatic heterocycles. The summed E-state index contributed by atoms with van der Waals surface area (Å²) in [6, 6.07) is 5.67. The quantitative estimate of drug-likeness (QED) is 0.898. The van der Waals surface area contributed by atoms with Gasteiger partial charge in [0.15, 0.2) is 0 Å². The molecule has 1 aromatic carbocycles. The lowest BCUT2D eigenvalue weighted by atomic mass is 10.0. The van der Waals surface area contributed by atoms with Gasteiger partial charge in [0.2, 0.25) is 5.43 Å². The fraction of sp³-hybridized carbons (Fsp3) is 0.200. The fourth-order valence-corrected chi connectivity index (χ4v) is 1.97. The van der Waals surface area contributed by atoms with Gasteiger partial charge >= 0.3 is 5.97 Å². The van der Waals surface area contributed by atoms with Crippen LogP contribution in [0.25, 0.3) is 11.1 Å². The Hall–Kier alpha value is -2.36. The van der Waals surface area contributed by atoms with Gasteiger partial charge in [0.1, 0.15) is 5.56 Å². The molecule has 0 aliphatic rings. The maximum absolute atomic E-state index is 12.2. The summed E-state index contributed by atoms with van der Waals surface area (Å²) in [6.45, 7) is 3.95. The van der Waals surface area contributed by atoms with E-state index in [9.17, 15) is 9.59 Å². The van der Waals surface area contributed by atoms with Gasteiger partial charge in [-0.2, -0.15) is 0 Å². The zero-order chi connectivity index (χ0) is 14.2. The number of benzene rings is 1. The number of hydrogen-bond donors (Lipinski definition) is 1. The van der Waals surface area contributed by atoms with Crippen LogP contribution >= 0.6 is 0 Å². The van der Waals surface area contributed by atoms with E-state index in [0.29, 0.717) is 5.56 Å². The van der Waals surface area contributed by atoms with Crippen molar-refractivity contribution in [2.75, 3.05) is 0 Å². The summed E-state index contributed by atoms with van der Waals surface area (Å²) >= 11 is 0. The molecule has 0 amide bonds. The van der Waals surface area contributed by atoms with Crippen LogP contribution in [0.15, 0.2) is 35.4 Å². The summed E-state index contributed by atoms with van der Waals surface area (Å²) in [5.41, 5.74) is 2.69. The third kappa shape index (κ3) is 2.42. The van der Waals surface area contributed by atoms with Crippen LogP contribution in [0.1, 0.15) is 21.5 Å². The topological polar surface area (TPSA) is 59.3 Å².